The summed E-state index contributed by atoms with van der Waals surface area (Å²) in [5, 5.41) is 6.93. The van der Waals surface area contributed by atoms with Crippen molar-refractivity contribution in [3.8, 4) is 0 Å². The van der Waals surface area contributed by atoms with E-state index in [0.717, 1.165) is 17.1 Å². The number of nitrogens with one attached hydrogen (secondary N) is 1. The molecule has 0 aliphatic carbocycles. The monoisotopic (exact) mass is 280 g/mol. The predicted molar refractivity (Wildman–Crippen MR) is 72.7 cm³/mol. The fourth-order valence-corrected chi connectivity index (χ4v) is 2.52. The van der Waals surface area contributed by atoms with E-state index >= 15 is 0 Å². The van der Waals surface area contributed by atoms with Crippen LogP contribution < -0.4 is 5.32 Å². The molecule has 0 spiro atoms. The third-order valence-electron chi connectivity index (χ3n) is 2.74. The van der Waals surface area contributed by atoms with E-state index < -0.39 is 9.84 Å². The molecule has 0 atom stereocenters. The van der Waals surface area contributed by atoms with Crippen molar-refractivity contribution in [2.24, 2.45) is 0 Å². The standard InChI is InChI=1S/C13H16N2O3S/c1-3-19(16,17)13-6-4-11(5-7-13)14-9-12-8-10(2)15-18-12/h4-8,14H,3,9H2,1-2H3. The van der Waals surface area contributed by atoms with Crippen molar-refractivity contribution in [1.29, 1.82) is 0 Å². The van der Waals surface area contributed by atoms with Crippen LogP contribution in [0.3, 0.4) is 0 Å². The molecule has 0 bridgehead atoms. The molecular formula is C13H16N2O3S. The number of benzene rings is 1. The molecule has 2 rings (SSSR count). The van der Waals surface area contributed by atoms with Gasteiger partial charge >= 0.3 is 0 Å². The highest BCUT2D eigenvalue weighted by Gasteiger charge is 2.10. The summed E-state index contributed by atoms with van der Waals surface area (Å²) in [5.74, 6) is 0.847. The molecule has 0 amide bonds. The van der Waals surface area contributed by atoms with Crippen molar-refractivity contribution >= 4 is 15.5 Å². The van der Waals surface area contributed by atoms with Gasteiger partial charge in [0.2, 0.25) is 0 Å². The zero-order valence-corrected chi connectivity index (χ0v) is 11.7. The summed E-state index contributed by atoms with van der Waals surface area (Å²) in [4.78, 5) is 0.344. The number of nitrogens with zero attached hydrogens (tertiary/aromatic N) is 1. The summed E-state index contributed by atoms with van der Waals surface area (Å²) in [5.41, 5.74) is 1.67. The molecule has 1 aromatic carbocycles. The molecule has 0 fully saturated rings. The first-order valence-electron chi connectivity index (χ1n) is 6.00. The van der Waals surface area contributed by atoms with Crippen LogP contribution in [0.2, 0.25) is 0 Å². The lowest BCUT2D eigenvalue weighted by atomic mass is 10.3. The van der Waals surface area contributed by atoms with Gasteiger partial charge in [-0.2, -0.15) is 0 Å². The number of rotatable bonds is 5. The van der Waals surface area contributed by atoms with Crippen LogP contribution in [0.25, 0.3) is 0 Å². The van der Waals surface area contributed by atoms with Gasteiger partial charge in [0.25, 0.3) is 0 Å². The average molecular weight is 280 g/mol. The Morgan fingerprint density at radius 3 is 2.47 bits per heavy atom. The quantitative estimate of drug-likeness (QED) is 0.910. The largest absolute Gasteiger partial charge is 0.378 e. The van der Waals surface area contributed by atoms with E-state index in [0.29, 0.717) is 11.4 Å². The third-order valence-corrected chi connectivity index (χ3v) is 4.49. The van der Waals surface area contributed by atoms with Crippen LogP contribution in [0.4, 0.5) is 5.69 Å². The highest BCUT2D eigenvalue weighted by Crippen LogP contribution is 2.16. The first-order valence-corrected chi connectivity index (χ1v) is 7.65. The number of aryl methyl sites for hydroxylation is 1. The van der Waals surface area contributed by atoms with Gasteiger partial charge in [-0.1, -0.05) is 12.1 Å². The van der Waals surface area contributed by atoms with Gasteiger partial charge in [0.1, 0.15) is 0 Å². The molecule has 1 heterocycles. The van der Waals surface area contributed by atoms with Crippen molar-refractivity contribution in [3.05, 3.63) is 41.8 Å². The van der Waals surface area contributed by atoms with Gasteiger partial charge in [-0.05, 0) is 31.2 Å². The zero-order chi connectivity index (χ0) is 13.9. The van der Waals surface area contributed by atoms with Crippen LogP contribution >= 0.6 is 0 Å². The Balaban J connectivity index is 2.03. The van der Waals surface area contributed by atoms with Crippen LogP contribution in [0.15, 0.2) is 39.8 Å². The summed E-state index contributed by atoms with van der Waals surface area (Å²) in [7, 11) is -3.14. The fraction of sp³-hybridized carbons (Fsp3) is 0.308. The van der Waals surface area contributed by atoms with Crippen molar-refractivity contribution in [2.45, 2.75) is 25.3 Å². The SMILES string of the molecule is CCS(=O)(=O)c1ccc(NCc2cc(C)no2)cc1. The maximum Gasteiger partial charge on any atom is 0.178 e. The minimum Gasteiger partial charge on any atom is -0.378 e. The van der Waals surface area contributed by atoms with Gasteiger partial charge in [-0.3, -0.25) is 0 Å². The van der Waals surface area contributed by atoms with Crippen LogP contribution in [0.1, 0.15) is 18.4 Å². The van der Waals surface area contributed by atoms with E-state index in [1.807, 2.05) is 13.0 Å². The van der Waals surface area contributed by atoms with Crippen LogP contribution in [0.5, 0.6) is 0 Å². The molecule has 0 saturated carbocycles. The Morgan fingerprint density at radius 1 is 1.26 bits per heavy atom. The highest BCUT2D eigenvalue weighted by molar-refractivity contribution is 7.91. The molecule has 6 heteroatoms. The molecule has 0 saturated heterocycles. The van der Waals surface area contributed by atoms with Crippen molar-refractivity contribution in [3.63, 3.8) is 0 Å². The summed E-state index contributed by atoms with van der Waals surface area (Å²) in [6, 6.07) is 8.54. The zero-order valence-electron chi connectivity index (χ0n) is 10.9. The first kappa shape index (κ1) is 13.6. The molecule has 0 aliphatic heterocycles. The van der Waals surface area contributed by atoms with E-state index in [1.54, 1.807) is 31.2 Å². The summed E-state index contributed by atoms with van der Waals surface area (Å²) < 4.78 is 28.4. The molecule has 102 valence electrons. The minimum absolute atomic E-state index is 0.108. The van der Waals surface area contributed by atoms with E-state index in [1.165, 1.54) is 0 Å². The lowest BCUT2D eigenvalue weighted by Crippen LogP contribution is -2.04. The number of anilines is 1. The molecule has 2 aromatic rings. The van der Waals surface area contributed by atoms with Crippen LogP contribution in [-0.4, -0.2) is 19.3 Å². The highest BCUT2D eigenvalue weighted by atomic mass is 32.2. The smallest absolute Gasteiger partial charge is 0.178 e. The van der Waals surface area contributed by atoms with Gasteiger partial charge in [0.15, 0.2) is 15.6 Å². The Kier molecular flexibility index (Phi) is 3.90. The molecular weight excluding hydrogens is 264 g/mol. The van der Waals surface area contributed by atoms with Gasteiger partial charge < -0.3 is 9.84 Å². The number of hydrogen-bond donors (Lipinski definition) is 1. The second-order valence-electron chi connectivity index (χ2n) is 4.22. The van der Waals surface area contributed by atoms with E-state index in [9.17, 15) is 8.42 Å². The molecule has 0 radical (unpaired) electrons. The van der Waals surface area contributed by atoms with Crippen molar-refractivity contribution in [1.82, 2.24) is 5.16 Å². The molecule has 19 heavy (non-hydrogen) atoms. The van der Waals surface area contributed by atoms with E-state index in [-0.39, 0.29) is 5.75 Å². The van der Waals surface area contributed by atoms with Crippen LogP contribution in [0, 0.1) is 6.92 Å². The van der Waals surface area contributed by atoms with Gasteiger partial charge in [0.05, 0.1) is 22.9 Å². The Labute approximate surface area is 112 Å². The third kappa shape index (κ3) is 3.35. The molecule has 0 unspecified atom stereocenters. The first-order chi connectivity index (χ1) is 9.01. The normalized spacial score (nSPS) is 11.5. The summed E-state index contributed by atoms with van der Waals surface area (Å²) >= 11 is 0. The van der Waals surface area contributed by atoms with Gasteiger partial charge in [0, 0.05) is 11.8 Å². The minimum atomic E-state index is -3.14. The molecule has 0 aliphatic rings. The van der Waals surface area contributed by atoms with Crippen molar-refractivity contribution in [2.75, 3.05) is 11.1 Å². The summed E-state index contributed by atoms with van der Waals surface area (Å²) in [6.07, 6.45) is 0. The second-order valence-corrected chi connectivity index (χ2v) is 6.49. The van der Waals surface area contributed by atoms with E-state index in [2.05, 4.69) is 10.5 Å². The van der Waals surface area contributed by atoms with Gasteiger partial charge in [-0.15, -0.1) is 0 Å². The Hall–Kier alpha value is -1.82. The summed E-state index contributed by atoms with van der Waals surface area (Å²) in [6.45, 7) is 4.01. The molecule has 1 aromatic heterocycles. The topological polar surface area (TPSA) is 72.2 Å². The Bertz CT molecular complexity index is 645. The maximum atomic E-state index is 11.7. The molecule has 1 N–H and O–H groups in total. The lowest BCUT2D eigenvalue weighted by Gasteiger charge is -2.05. The number of hydrogen-bond acceptors (Lipinski definition) is 5. The number of sulfone groups is 1. The maximum absolute atomic E-state index is 11.7. The second kappa shape index (κ2) is 5.44. The predicted octanol–water partition coefficient (Wildman–Crippen LogP) is 2.39. The van der Waals surface area contributed by atoms with Gasteiger partial charge in [-0.25, -0.2) is 8.42 Å². The molecule has 5 nitrogen and oxygen atoms in total. The lowest BCUT2D eigenvalue weighted by molar-refractivity contribution is 0.384. The Morgan fingerprint density at radius 2 is 1.95 bits per heavy atom. The van der Waals surface area contributed by atoms with Crippen LogP contribution in [-0.2, 0) is 16.4 Å². The average Bonchev–Trinajstić information content (AvgIpc) is 2.83. The fourth-order valence-electron chi connectivity index (χ4n) is 1.64. The van der Waals surface area contributed by atoms with E-state index in [4.69, 9.17) is 4.52 Å². The number of aromatic nitrogens is 1. The van der Waals surface area contributed by atoms with Crippen molar-refractivity contribution < 1.29 is 12.9 Å².